The minimum atomic E-state index is -0.662. The molecule has 0 saturated carbocycles. The van der Waals surface area contributed by atoms with Gasteiger partial charge in [-0.3, -0.25) is 9.36 Å². The molecule has 7 heteroatoms. The van der Waals surface area contributed by atoms with E-state index in [1.165, 1.54) is 11.3 Å². The van der Waals surface area contributed by atoms with E-state index >= 15 is 0 Å². The van der Waals surface area contributed by atoms with E-state index in [4.69, 9.17) is 9.73 Å². The minimum Gasteiger partial charge on any atom is -0.463 e. The molecule has 5 rings (SSSR count). The summed E-state index contributed by atoms with van der Waals surface area (Å²) in [6.07, 6.45) is 1.88. The van der Waals surface area contributed by atoms with Gasteiger partial charge in [-0.1, -0.05) is 84.1 Å². The van der Waals surface area contributed by atoms with Gasteiger partial charge in [0.2, 0.25) is 0 Å². The summed E-state index contributed by atoms with van der Waals surface area (Å²) in [5.41, 5.74) is 4.29. The summed E-state index contributed by atoms with van der Waals surface area (Å²) in [6, 6.07) is 26.5. The predicted octanol–water partition coefficient (Wildman–Crippen LogP) is 4.00. The summed E-state index contributed by atoms with van der Waals surface area (Å²) in [6.45, 7) is 1.99. The van der Waals surface area contributed by atoms with Crippen LogP contribution in [0.1, 0.15) is 29.7 Å². The zero-order valence-corrected chi connectivity index (χ0v) is 21.7. The van der Waals surface area contributed by atoms with Gasteiger partial charge in [-0.05, 0) is 36.3 Å². The fraction of sp³-hybridized carbons (Fsp3) is 0.167. The molecular formula is C30H27N3O3S. The zero-order chi connectivity index (χ0) is 25.9. The molecule has 0 saturated heterocycles. The van der Waals surface area contributed by atoms with Gasteiger partial charge in [0.25, 0.3) is 5.56 Å². The quantitative estimate of drug-likeness (QED) is 0.369. The number of benzene rings is 3. The van der Waals surface area contributed by atoms with E-state index in [0.29, 0.717) is 20.6 Å². The number of nitrogens with zero attached hydrogens (tertiary/aromatic N) is 3. The first-order chi connectivity index (χ1) is 18.0. The Balaban J connectivity index is 1.77. The standard InChI is InChI=1S/C30H27N3O3S/c1-4-36-29(35)25-26(21-11-7-5-8-12-21)31-30-33(27(25)22-13-9-6-10-14-22)28(34)24(37-30)19-20-15-17-23(18-16-20)32(2)3/h5-19,27H,4H2,1-3H3/b24-19-. The normalized spacial score (nSPS) is 15.2. The minimum absolute atomic E-state index is 0.191. The van der Waals surface area contributed by atoms with Crippen LogP contribution in [0.3, 0.4) is 0 Å². The number of hydrogen-bond acceptors (Lipinski definition) is 6. The first-order valence-corrected chi connectivity index (χ1v) is 12.9. The topological polar surface area (TPSA) is 63.9 Å². The molecule has 0 amide bonds. The summed E-state index contributed by atoms with van der Waals surface area (Å²) < 4.78 is 7.67. The number of rotatable bonds is 6. The van der Waals surface area contributed by atoms with Gasteiger partial charge in [0.15, 0.2) is 4.80 Å². The van der Waals surface area contributed by atoms with Crippen LogP contribution in [-0.4, -0.2) is 31.2 Å². The van der Waals surface area contributed by atoms with Crippen molar-refractivity contribution in [2.45, 2.75) is 13.0 Å². The molecule has 0 N–H and O–H groups in total. The van der Waals surface area contributed by atoms with Crippen molar-refractivity contribution < 1.29 is 9.53 Å². The van der Waals surface area contributed by atoms with Crippen molar-refractivity contribution in [2.24, 2.45) is 4.99 Å². The molecule has 1 aromatic heterocycles. The predicted molar refractivity (Wildman–Crippen MR) is 148 cm³/mol. The van der Waals surface area contributed by atoms with Crippen LogP contribution in [0.5, 0.6) is 0 Å². The second-order valence-corrected chi connectivity index (χ2v) is 9.84. The van der Waals surface area contributed by atoms with Gasteiger partial charge in [0.05, 0.1) is 28.5 Å². The molecule has 1 aliphatic rings. The molecule has 0 aliphatic carbocycles. The smallest absolute Gasteiger partial charge is 0.338 e. The lowest BCUT2D eigenvalue weighted by molar-refractivity contribution is -0.138. The molecule has 186 valence electrons. The first-order valence-electron chi connectivity index (χ1n) is 12.1. The van der Waals surface area contributed by atoms with Crippen LogP contribution in [0.2, 0.25) is 0 Å². The largest absolute Gasteiger partial charge is 0.463 e. The molecule has 0 fully saturated rings. The molecule has 2 heterocycles. The van der Waals surface area contributed by atoms with Crippen molar-refractivity contribution in [1.82, 2.24) is 4.57 Å². The Morgan fingerprint density at radius 3 is 2.27 bits per heavy atom. The van der Waals surface area contributed by atoms with Gasteiger partial charge in [-0.25, -0.2) is 9.79 Å². The summed E-state index contributed by atoms with van der Waals surface area (Å²) in [5, 5.41) is 0. The third-order valence-corrected chi connectivity index (χ3v) is 7.18. The maximum Gasteiger partial charge on any atom is 0.338 e. The number of anilines is 1. The van der Waals surface area contributed by atoms with Gasteiger partial charge < -0.3 is 9.64 Å². The van der Waals surface area contributed by atoms with Crippen LogP contribution in [-0.2, 0) is 9.53 Å². The lowest BCUT2D eigenvalue weighted by Gasteiger charge is -2.25. The number of fused-ring (bicyclic) bond motifs is 1. The van der Waals surface area contributed by atoms with E-state index in [-0.39, 0.29) is 12.2 Å². The van der Waals surface area contributed by atoms with Gasteiger partial charge in [0, 0.05) is 25.3 Å². The average Bonchev–Trinajstić information content (AvgIpc) is 3.23. The monoisotopic (exact) mass is 509 g/mol. The molecule has 0 spiro atoms. The zero-order valence-electron chi connectivity index (χ0n) is 20.9. The van der Waals surface area contributed by atoms with Gasteiger partial charge in [-0.2, -0.15) is 0 Å². The Kier molecular flexibility index (Phi) is 6.88. The summed E-state index contributed by atoms with van der Waals surface area (Å²) >= 11 is 1.32. The van der Waals surface area contributed by atoms with Gasteiger partial charge in [-0.15, -0.1) is 0 Å². The van der Waals surface area contributed by atoms with Crippen LogP contribution in [0, 0.1) is 0 Å². The van der Waals surface area contributed by atoms with Gasteiger partial charge in [0.1, 0.15) is 0 Å². The van der Waals surface area contributed by atoms with Crippen LogP contribution in [0.4, 0.5) is 5.69 Å². The van der Waals surface area contributed by atoms with Crippen LogP contribution in [0.15, 0.2) is 100 Å². The number of thiazole rings is 1. The van der Waals surface area contributed by atoms with Crippen molar-refractivity contribution in [2.75, 3.05) is 25.6 Å². The third-order valence-electron chi connectivity index (χ3n) is 6.20. The molecule has 1 atom stereocenters. The number of esters is 1. The van der Waals surface area contributed by atoms with Crippen LogP contribution in [0.25, 0.3) is 11.8 Å². The third kappa shape index (κ3) is 4.78. The molecule has 0 radical (unpaired) electrons. The SMILES string of the molecule is CCOC(=O)C1=C(c2ccccc2)N=c2s/c(=C\c3ccc(N(C)C)cc3)c(=O)n2C1c1ccccc1. The molecule has 1 aliphatic heterocycles. The Labute approximate surface area is 219 Å². The first kappa shape index (κ1) is 24.5. The van der Waals surface area contributed by atoms with E-state index in [2.05, 4.69) is 0 Å². The highest BCUT2D eigenvalue weighted by atomic mass is 32.1. The molecule has 0 bridgehead atoms. The van der Waals surface area contributed by atoms with E-state index in [9.17, 15) is 9.59 Å². The van der Waals surface area contributed by atoms with E-state index in [1.807, 2.05) is 110 Å². The lowest BCUT2D eigenvalue weighted by Crippen LogP contribution is -2.39. The van der Waals surface area contributed by atoms with Crippen LogP contribution >= 0.6 is 11.3 Å². The highest BCUT2D eigenvalue weighted by Crippen LogP contribution is 2.35. The number of hydrogen-bond donors (Lipinski definition) is 0. The Bertz CT molecular complexity index is 1630. The number of carbonyl (C=O) groups is 1. The van der Waals surface area contributed by atoms with E-state index < -0.39 is 12.0 Å². The summed E-state index contributed by atoms with van der Waals surface area (Å²) in [5.74, 6) is -0.479. The number of aromatic nitrogens is 1. The highest BCUT2D eigenvalue weighted by Gasteiger charge is 2.35. The molecule has 1 unspecified atom stereocenters. The van der Waals surface area contributed by atoms with Crippen LogP contribution < -0.4 is 19.8 Å². The summed E-state index contributed by atoms with van der Waals surface area (Å²) in [4.78, 5) is 34.7. The molecule has 37 heavy (non-hydrogen) atoms. The van der Waals surface area contributed by atoms with E-state index in [0.717, 1.165) is 22.4 Å². The molecular weight excluding hydrogens is 482 g/mol. The second-order valence-electron chi connectivity index (χ2n) is 8.83. The van der Waals surface area contributed by atoms with Crippen molar-refractivity contribution in [1.29, 1.82) is 0 Å². The van der Waals surface area contributed by atoms with Crippen molar-refractivity contribution in [3.05, 3.63) is 127 Å². The average molecular weight is 510 g/mol. The second kappa shape index (κ2) is 10.4. The molecule has 4 aromatic rings. The maximum absolute atomic E-state index is 13.8. The number of carbonyl (C=O) groups excluding carboxylic acids is 1. The maximum atomic E-state index is 13.8. The van der Waals surface area contributed by atoms with Crippen molar-refractivity contribution in [3.63, 3.8) is 0 Å². The number of ether oxygens (including phenoxy) is 1. The Morgan fingerprint density at radius 1 is 1.00 bits per heavy atom. The Morgan fingerprint density at radius 2 is 1.65 bits per heavy atom. The van der Waals surface area contributed by atoms with Crippen molar-refractivity contribution in [3.8, 4) is 0 Å². The van der Waals surface area contributed by atoms with Gasteiger partial charge >= 0.3 is 5.97 Å². The molecule has 6 nitrogen and oxygen atoms in total. The van der Waals surface area contributed by atoms with E-state index in [1.54, 1.807) is 11.5 Å². The highest BCUT2D eigenvalue weighted by molar-refractivity contribution is 7.07. The van der Waals surface area contributed by atoms with Crippen molar-refractivity contribution >= 4 is 34.8 Å². The summed E-state index contributed by atoms with van der Waals surface area (Å²) in [7, 11) is 3.98. The Hall–Kier alpha value is -4.23. The fourth-order valence-electron chi connectivity index (χ4n) is 4.41. The fourth-order valence-corrected chi connectivity index (χ4v) is 5.41. The molecule has 3 aromatic carbocycles. The lowest BCUT2D eigenvalue weighted by atomic mass is 9.93.